The van der Waals surface area contributed by atoms with Gasteiger partial charge in [-0.1, -0.05) is 60.7 Å². The number of ether oxygens (including phenoxy) is 1. The molecule has 45 heavy (non-hydrogen) atoms. The summed E-state index contributed by atoms with van der Waals surface area (Å²) in [5, 5.41) is 7.51. The molecule has 0 unspecified atom stereocenters. The van der Waals surface area contributed by atoms with Crippen LogP contribution in [0.4, 0.5) is 11.4 Å². The second-order valence-corrected chi connectivity index (χ2v) is 13.9. The van der Waals surface area contributed by atoms with Gasteiger partial charge in [-0.15, -0.1) is 48.0 Å². The van der Waals surface area contributed by atoms with E-state index in [0.29, 0.717) is 10.8 Å². The summed E-state index contributed by atoms with van der Waals surface area (Å²) in [6.07, 6.45) is 5.99. The molecule has 7 aromatic rings. The molecule has 0 aliphatic carbocycles. The Kier molecular flexibility index (Phi) is 7.77. The van der Waals surface area contributed by atoms with E-state index in [2.05, 4.69) is 91.7 Å². The normalized spacial score (nSPS) is 13.2. The molecule has 0 saturated carbocycles. The SMILES string of the molecule is CC(C)(C)c1ccnc(-c2c3[c-]c(Oc4[c-]c(N5C=CN(c6ccccc6)[CH-]5)ccc4)sc3cc3cc4ccsc4cc23)c1.[Pt]. The van der Waals surface area contributed by atoms with Gasteiger partial charge >= 0.3 is 0 Å². The quantitative estimate of drug-likeness (QED) is 0.162. The second kappa shape index (κ2) is 11.8. The molecule has 226 valence electrons. The fourth-order valence-corrected chi connectivity index (χ4v) is 7.34. The molecular weight excluding hydrogens is 774 g/mol. The predicted octanol–water partition coefficient (Wildman–Crippen LogP) is 10.9. The molecule has 0 saturated heterocycles. The van der Waals surface area contributed by atoms with Crippen LogP contribution in [-0.4, -0.2) is 4.98 Å². The Balaban J connectivity index is 0.00000325. The van der Waals surface area contributed by atoms with Crippen LogP contribution in [0.3, 0.4) is 0 Å². The maximum Gasteiger partial charge on any atom is 0.107 e. The molecule has 4 aromatic carbocycles. The fraction of sp³-hybridized carbons (Fsp3) is 0.105. The van der Waals surface area contributed by atoms with E-state index in [1.807, 2.05) is 66.6 Å². The van der Waals surface area contributed by atoms with Gasteiger partial charge in [0.2, 0.25) is 0 Å². The van der Waals surface area contributed by atoms with E-state index < -0.39 is 0 Å². The van der Waals surface area contributed by atoms with Gasteiger partial charge in [0.1, 0.15) is 5.06 Å². The second-order valence-electron chi connectivity index (χ2n) is 11.9. The Morgan fingerprint density at radius 2 is 1.67 bits per heavy atom. The summed E-state index contributed by atoms with van der Waals surface area (Å²) in [6.45, 7) is 8.75. The molecule has 0 fully saturated rings. The van der Waals surface area contributed by atoms with Crippen molar-refractivity contribution in [2.24, 2.45) is 0 Å². The van der Waals surface area contributed by atoms with Crippen molar-refractivity contribution in [2.75, 3.05) is 9.80 Å². The molecule has 1 aliphatic rings. The summed E-state index contributed by atoms with van der Waals surface area (Å²) in [6, 6.07) is 36.7. The van der Waals surface area contributed by atoms with Crippen molar-refractivity contribution in [3.63, 3.8) is 0 Å². The number of thiophene rings is 2. The molecule has 0 bridgehead atoms. The van der Waals surface area contributed by atoms with Gasteiger partial charge in [0.25, 0.3) is 0 Å². The topological polar surface area (TPSA) is 28.6 Å². The third-order valence-electron chi connectivity index (χ3n) is 7.91. The van der Waals surface area contributed by atoms with E-state index in [1.54, 1.807) is 22.7 Å². The van der Waals surface area contributed by atoms with Crippen LogP contribution in [0.2, 0.25) is 0 Å². The summed E-state index contributed by atoms with van der Waals surface area (Å²) >= 11 is 3.37. The molecule has 8 rings (SSSR count). The molecular formula is C38H28N3OPtS2-3. The number of benzene rings is 4. The summed E-state index contributed by atoms with van der Waals surface area (Å²) < 4.78 is 8.83. The standard InChI is InChI=1S/C38H28N3OS2.Pt/c1-38(2,3)27-12-14-39-33(20-27)37-31-22-34-25(13-17-43-34)18-26(31)19-35-32(37)23-36(44-35)42-30-11-7-10-29(21-30)41-16-15-40(24-41)28-8-5-4-6-9-28;/h4-20,22,24H,1-3H3;/q-3;. The van der Waals surface area contributed by atoms with Crippen LogP contribution in [0.15, 0.2) is 109 Å². The number of hydrogen-bond acceptors (Lipinski definition) is 6. The Labute approximate surface area is 285 Å². The van der Waals surface area contributed by atoms with Crippen LogP contribution in [0.25, 0.3) is 42.2 Å². The summed E-state index contributed by atoms with van der Waals surface area (Å²) in [7, 11) is 0. The van der Waals surface area contributed by atoms with Crippen LogP contribution >= 0.6 is 22.7 Å². The fourth-order valence-electron chi connectivity index (χ4n) is 5.61. The number of rotatable bonds is 5. The van der Waals surface area contributed by atoms with E-state index in [9.17, 15) is 0 Å². The van der Waals surface area contributed by atoms with Gasteiger partial charge in [-0.05, 0) is 82.0 Å². The molecule has 0 radical (unpaired) electrons. The van der Waals surface area contributed by atoms with Crippen molar-refractivity contribution in [3.8, 4) is 22.1 Å². The van der Waals surface area contributed by atoms with Gasteiger partial charge in [-0.3, -0.25) is 4.98 Å². The van der Waals surface area contributed by atoms with Crippen molar-refractivity contribution >= 4 is 65.0 Å². The third-order valence-corrected chi connectivity index (χ3v) is 9.71. The molecule has 1 aliphatic heterocycles. The van der Waals surface area contributed by atoms with Crippen LogP contribution < -0.4 is 14.5 Å². The van der Waals surface area contributed by atoms with Crippen LogP contribution in [0, 0.1) is 18.8 Å². The first-order chi connectivity index (χ1) is 21.4. The number of pyridine rings is 1. The molecule has 0 spiro atoms. The summed E-state index contributed by atoms with van der Waals surface area (Å²) in [4.78, 5) is 9.01. The Bertz CT molecular complexity index is 2200. The zero-order valence-electron chi connectivity index (χ0n) is 24.9. The van der Waals surface area contributed by atoms with E-state index in [1.165, 1.54) is 26.4 Å². The zero-order valence-corrected chi connectivity index (χ0v) is 28.8. The molecule has 0 N–H and O–H groups in total. The Hall–Kier alpha value is -3.96. The van der Waals surface area contributed by atoms with Gasteiger partial charge in [-0.2, -0.15) is 22.8 Å². The van der Waals surface area contributed by atoms with Crippen molar-refractivity contribution in [2.45, 2.75) is 26.2 Å². The largest absolute Gasteiger partial charge is 0.500 e. The predicted molar refractivity (Wildman–Crippen MR) is 186 cm³/mol. The summed E-state index contributed by atoms with van der Waals surface area (Å²) in [5.41, 5.74) is 5.31. The van der Waals surface area contributed by atoms with E-state index in [-0.39, 0.29) is 26.5 Å². The zero-order chi connectivity index (χ0) is 29.8. The van der Waals surface area contributed by atoms with Gasteiger partial charge < -0.3 is 14.5 Å². The first kappa shape index (κ1) is 29.7. The molecule has 3 aromatic heterocycles. The summed E-state index contributed by atoms with van der Waals surface area (Å²) in [5.74, 6) is 0.643. The van der Waals surface area contributed by atoms with Crippen LogP contribution in [0.1, 0.15) is 26.3 Å². The molecule has 4 heterocycles. The first-order valence-electron chi connectivity index (χ1n) is 14.5. The average molecular weight is 802 g/mol. The molecule has 0 amide bonds. The first-order valence-corrected chi connectivity index (χ1v) is 16.2. The number of hydrogen-bond donors (Lipinski definition) is 0. The van der Waals surface area contributed by atoms with Crippen LogP contribution in [-0.2, 0) is 26.5 Å². The van der Waals surface area contributed by atoms with E-state index >= 15 is 0 Å². The van der Waals surface area contributed by atoms with Crippen LogP contribution in [0.5, 0.6) is 10.8 Å². The Morgan fingerprint density at radius 1 is 0.822 bits per heavy atom. The van der Waals surface area contributed by atoms with Crippen molar-refractivity contribution < 1.29 is 25.8 Å². The number of para-hydroxylation sites is 1. The maximum atomic E-state index is 6.44. The van der Waals surface area contributed by atoms with Crippen molar-refractivity contribution in [1.82, 2.24) is 4.98 Å². The average Bonchev–Trinajstić information content (AvgIpc) is 3.79. The van der Waals surface area contributed by atoms with E-state index in [4.69, 9.17) is 9.72 Å². The van der Waals surface area contributed by atoms with Gasteiger partial charge in [0, 0.05) is 49.1 Å². The molecule has 7 heteroatoms. The molecule has 4 nitrogen and oxygen atoms in total. The monoisotopic (exact) mass is 801 g/mol. The smallest absolute Gasteiger partial charge is 0.107 e. The van der Waals surface area contributed by atoms with E-state index in [0.717, 1.165) is 32.7 Å². The van der Waals surface area contributed by atoms with Gasteiger partial charge in [0.15, 0.2) is 0 Å². The minimum Gasteiger partial charge on any atom is -0.500 e. The number of aromatic nitrogens is 1. The maximum absolute atomic E-state index is 6.44. The number of nitrogens with zero attached hydrogens (tertiary/aromatic N) is 3. The Morgan fingerprint density at radius 3 is 2.51 bits per heavy atom. The van der Waals surface area contributed by atoms with Crippen molar-refractivity contribution in [1.29, 1.82) is 0 Å². The number of fused-ring (bicyclic) bond motifs is 3. The molecule has 0 atom stereocenters. The van der Waals surface area contributed by atoms with Gasteiger partial charge in [-0.25, -0.2) is 0 Å². The van der Waals surface area contributed by atoms with Gasteiger partial charge in [0.05, 0.1) is 0 Å². The van der Waals surface area contributed by atoms with Crippen molar-refractivity contribution in [3.05, 3.63) is 133 Å². The number of anilines is 2. The minimum absolute atomic E-state index is 0. The minimum atomic E-state index is 0. The third kappa shape index (κ3) is 5.67.